The lowest BCUT2D eigenvalue weighted by molar-refractivity contribution is 0.102. The van der Waals surface area contributed by atoms with Crippen LogP contribution in [0.4, 0.5) is 5.13 Å². The van der Waals surface area contributed by atoms with Gasteiger partial charge in [0.25, 0.3) is 5.91 Å². The third-order valence-corrected chi connectivity index (χ3v) is 6.51. The molecule has 134 valence electrons. The Morgan fingerprint density at radius 2 is 1.89 bits per heavy atom. The molecule has 0 saturated heterocycles. The third-order valence-electron chi connectivity index (χ3n) is 4.96. The van der Waals surface area contributed by atoms with Crippen LogP contribution in [-0.2, 0) is 12.8 Å². The quantitative estimate of drug-likeness (QED) is 0.498. The van der Waals surface area contributed by atoms with Crippen LogP contribution in [0, 0.1) is 0 Å². The van der Waals surface area contributed by atoms with Crippen LogP contribution in [0.15, 0.2) is 47.3 Å². The van der Waals surface area contributed by atoms with Crippen molar-refractivity contribution in [3.8, 4) is 11.3 Å². The lowest BCUT2D eigenvalue weighted by Crippen LogP contribution is -2.11. The van der Waals surface area contributed by atoms with Crippen LogP contribution in [0.25, 0.3) is 21.5 Å². The van der Waals surface area contributed by atoms with Gasteiger partial charge in [0.05, 0.1) is 21.4 Å². The standard InChI is InChI=1S/C21H17N3OS2/c25-20(16-7-8-17-19(10-16)27-12-22-17)24-21-23-18(11-26-21)15-6-5-13-3-1-2-4-14(13)9-15/h5-12H,1-4H2,(H,23,24,25). The number of hydrogen-bond acceptors (Lipinski definition) is 5. The monoisotopic (exact) mass is 391 g/mol. The second-order valence-electron chi connectivity index (χ2n) is 6.72. The molecule has 2 aromatic heterocycles. The number of thiazole rings is 2. The molecular formula is C21H17N3OS2. The van der Waals surface area contributed by atoms with E-state index in [1.54, 1.807) is 11.6 Å². The van der Waals surface area contributed by atoms with Crippen molar-refractivity contribution in [2.24, 2.45) is 0 Å². The first-order valence-corrected chi connectivity index (χ1v) is 10.7. The molecule has 0 fully saturated rings. The van der Waals surface area contributed by atoms with Gasteiger partial charge in [-0.1, -0.05) is 12.1 Å². The minimum atomic E-state index is -0.142. The summed E-state index contributed by atoms with van der Waals surface area (Å²) in [5, 5.41) is 5.55. The number of amides is 1. The van der Waals surface area contributed by atoms with E-state index in [0.29, 0.717) is 10.7 Å². The molecule has 0 unspecified atom stereocenters. The second kappa shape index (κ2) is 6.87. The van der Waals surface area contributed by atoms with E-state index in [9.17, 15) is 4.79 Å². The van der Waals surface area contributed by atoms with Gasteiger partial charge in [-0.2, -0.15) is 0 Å². The van der Waals surface area contributed by atoms with E-state index in [4.69, 9.17) is 0 Å². The van der Waals surface area contributed by atoms with Gasteiger partial charge in [0, 0.05) is 16.5 Å². The number of benzene rings is 2. The molecule has 2 aromatic carbocycles. The maximum atomic E-state index is 12.6. The van der Waals surface area contributed by atoms with Crippen LogP contribution in [-0.4, -0.2) is 15.9 Å². The van der Waals surface area contributed by atoms with Gasteiger partial charge in [0.15, 0.2) is 5.13 Å². The van der Waals surface area contributed by atoms with E-state index < -0.39 is 0 Å². The highest BCUT2D eigenvalue weighted by Crippen LogP contribution is 2.30. The summed E-state index contributed by atoms with van der Waals surface area (Å²) in [6, 6.07) is 12.2. The Labute approximate surface area is 164 Å². The highest BCUT2D eigenvalue weighted by molar-refractivity contribution is 7.16. The summed E-state index contributed by atoms with van der Waals surface area (Å²) in [6.07, 6.45) is 4.88. The molecule has 1 aliphatic carbocycles. The van der Waals surface area contributed by atoms with Crippen LogP contribution >= 0.6 is 22.7 Å². The molecule has 6 heteroatoms. The predicted octanol–water partition coefficient (Wildman–Crippen LogP) is 5.55. The predicted molar refractivity (Wildman–Crippen MR) is 112 cm³/mol. The third kappa shape index (κ3) is 3.26. The molecule has 0 spiro atoms. The largest absolute Gasteiger partial charge is 0.298 e. The normalized spacial score (nSPS) is 13.5. The van der Waals surface area contributed by atoms with Crippen molar-refractivity contribution in [1.29, 1.82) is 0 Å². The van der Waals surface area contributed by atoms with Crippen molar-refractivity contribution in [1.82, 2.24) is 9.97 Å². The second-order valence-corrected chi connectivity index (χ2v) is 8.46. The van der Waals surface area contributed by atoms with Crippen molar-refractivity contribution in [2.45, 2.75) is 25.7 Å². The fourth-order valence-electron chi connectivity index (χ4n) is 3.52. The van der Waals surface area contributed by atoms with Crippen LogP contribution in [0.3, 0.4) is 0 Å². The molecule has 0 atom stereocenters. The number of anilines is 1. The Kier molecular flexibility index (Phi) is 4.22. The smallest absolute Gasteiger partial charge is 0.257 e. The van der Waals surface area contributed by atoms with Gasteiger partial charge in [-0.25, -0.2) is 9.97 Å². The molecule has 1 amide bonds. The van der Waals surface area contributed by atoms with Gasteiger partial charge in [0.2, 0.25) is 0 Å². The molecule has 4 aromatic rings. The Morgan fingerprint density at radius 3 is 2.81 bits per heavy atom. The van der Waals surface area contributed by atoms with E-state index in [2.05, 4.69) is 33.5 Å². The molecular weight excluding hydrogens is 374 g/mol. The zero-order chi connectivity index (χ0) is 18.2. The minimum Gasteiger partial charge on any atom is -0.298 e. The zero-order valence-electron chi connectivity index (χ0n) is 14.6. The number of carbonyl (C=O) groups excluding carboxylic acids is 1. The SMILES string of the molecule is O=C(Nc1nc(-c2ccc3c(c2)CCCC3)cs1)c1ccc2ncsc2c1. The van der Waals surface area contributed by atoms with E-state index in [1.165, 1.54) is 53.1 Å². The molecule has 27 heavy (non-hydrogen) atoms. The average Bonchev–Trinajstić information content (AvgIpc) is 3.36. The van der Waals surface area contributed by atoms with Crippen molar-refractivity contribution in [3.63, 3.8) is 0 Å². The summed E-state index contributed by atoms with van der Waals surface area (Å²) in [7, 11) is 0. The minimum absolute atomic E-state index is 0.142. The molecule has 0 radical (unpaired) electrons. The van der Waals surface area contributed by atoms with Gasteiger partial charge < -0.3 is 0 Å². The highest BCUT2D eigenvalue weighted by Gasteiger charge is 2.14. The van der Waals surface area contributed by atoms with Gasteiger partial charge in [-0.3, -0.25) is 10.1 Å². The molecule has 1 N–H and O–H groups in total. The molecule has 0 bridgehead atoms. The molecule has 1 aliphatic rings. The van der Waals surface area contributed by atoms with Gasteiger partial charge in [-0.15, -0.1) is 22.7 Å². The van der Waals surface area contributed by atoms with Crippen molar-refractivity contribution >= 4 is 43.9 Å². The summed E-state index contributed by atoms with van der Waals surface area (Å²) in [5.74, 6) is -0.142. The maximum Gasteiger partial charge on any atom is 0.257 e. The Hall–Kier alpha value is -2.57. The average molecular weight is 392 g/mol. The van der Waals surface area contributed by atoms with E-state index in [1.807, 2.05) is 17.5 Å². The summed E-state index contributed by atoms with van der Waals surface area (Å²) in [6.45, 7) is 0. The van der Waals surface area contributed by atoms with Crippen molar-refractivity contribution in [2.75, 3.05) is 5.32 Å². The lowest BCUT2D eigenvalue weighted by Gasteiger charge is -2.16. The Balaban J connectivity index is 1.36. The fraction of sp³-hybridized carbons (Fsp3) is 0.190. The Morgan fingerprint density at radius 1 is 1.00 bits per heavy atom. The number of carbonyl (C=O) groups is 1. The number of nitrogens with zero attached hydrogens (tertiary/aromatic N) is 2. The first-order chi connectivity index (χ1) is 13.3. The lowest BCUT2D eigenvalue weighted by atomic mass is 9.90. The van der Waals surface area contributed by atoms with Crippen molar-refractivity contribution < 1.29 is 4.79 Å². The molecule has 0 saturated carbocycles. The first-order valence-electron chi connectivity index (χ1n) is 8.98. The van der Waals surface area contributed by atoms with E-state index in [0.717, 1.165) is 27.9 Å². The maximum absolute atomic E-state index is 12.6. The zero-order valence-corrected chi connectivity index (χ0v) is 16.2. The number of aryl methyl sites for hydroxylation is 2. The van der Waals surface area contributed by atoms with Crippen LogP contribution < -0.4 is 5.32 Å². The number of hydrogen-bond donors (Lipinski definition) is 1. The summed E-state index contributed by atoms with van der Waals surface area (Å²) < 4.78 is 1.01. The topological polar surface area (TPSA) is 54.9 Å². The number of rotatable bonds is 3. The van der Waals surface area contributed by atoms with Crippen LogP contribution in [0.1, 0.15) is 34.3 Å². The van der Waals surface area contributed by atoms with Gasteiger partial charge >= 0.3 is 0 Å². The fourth-order valence-corrected chi connectivity index (χ4v) is 4.95. The molecule has 2 heterocycles. The summed E-state index contributed by atoms with van der Waals surface area (Å²) >= 11 is 2.99. The van der Waals surface area contributed by atoms with Gasteiger partial charge in [0.1, 0.15) is 0 Å². The van der Waals surface area contributed by atoms with Crippen LogP contribution in [0.2, 0.25) is 0 Å². The highest BCUT2D eigenvalue weighted by atomic mass is 32.1. The number of fused-ring (bicyclic) bond motifs is 2. The van der Waals surface area contributed by atoms with Gasteiger partial charge in [-0.05, 0) is 61.1 Å². The summed E-state index contributed by atoms with van der Waals surface area (Å²) in [4.78, 5) is 21.4. The van der Waals surface area contributed by atoms with Crippen molar-refractivity contribution in [3.05, 3.63) is 64.0 Å². The first kappa shape index (κ1) is 16.6. The van der Waals surface area contributed by atoms with Crippen LogP contribution in [0.5, 0.6) is 0 Å². The van der Waals surface area contributed by atoms with E-state index >= 15 is 0 Å². The van der Waals surface area contributed by atoms with E-state index in [-0.39, 0.29) is 5.91 Å². The summed E-state index contributed by atoms with van der Waals surface area (Å²) in [5.41, 5.74) is 8.28. The molecule has 4 nitrogen and oxygen atoms in total. The number of aromatic nitrogens is 2. The molecule has 5 rings (SSSR count). The Bertz CT molecular complexity index is 1150. The molecule has 0 aliphatic heterocycles. The number of nitrogens with one attached hydrogen (secondary N) is 1.